The van der Waals surface area contributed by atoms with E-state index in [1.54, 1.807) is 0 Å². The second kappa shape index (κ2) is 5.34. The van der Waals surface area contributed by atoms with Crippen LogP contribution in [0.1, 0.15) is 12.8 Å². The first-order valence-corrected chi connectivity index (χ1v) is 5.01. The number of nitrogens with one attached hydrogen (secondary N) is 1. The molecule has 0 aromatic heterocycles. The number of aliphatic carboxylic acids is 1. The maximum atomic E-state index is 11.1. The highest BCUT2D eigenvalue weighted by molar-refractivity contribution is 5.77. The number of carbonyl (C=O) groups is 2. The fourth-order valence-corrected chi connectivity index (χ4v) is 1.52. The van der Waals surface area contributed by atoms with Crippen LogP contribution in [0.5, 0.6) is 0 Å². The SMILES string of the molecule is C=CCOC(=O)NCC1(C(=O)O)CC=CC1. The Morgan fingerprint density at radius 1 is 1.50 bits per heavy atom. The van der Waals surface area contributed by atoms with Gasteiger partial charge in [0.2, 0.25) is 0 Å². The van der Waals surface area contributed by atoms with Crippen LogP contribution in [0.2, 0.25) is 0 Å². The number of amides is 1. The number of alkyl carbamates (subject to hydrolysis) is 1. The van der Waals surface area contributed by atoms with E-state index in [9.17, 15) is 9.59 Å². The summed E-state index contributed by atoms with van der Waals surface area (Å²) in [6, 6.07) is 0. The molecule has 0 aromatic carbocycles. The van der Waals surface area contributed by atoms with Gasteiger partial charge in [0.15, 0.2) is 0 Å². The lowest BCUT2D eigenvalue weighted by Gasteiger charge is -2.23. The number of hydrogen-bond donors (Lipinski definition) is 2. The maximum Gasteiger partial charge on any atom is 0.407 e. The van der Waals surface area contributed by atoms with E-state index in [2.05, 4.69) is 11.9 Å². The Kier molecular flexibility index (Phi) is 4.10. The van der Waals surface area contributed by atoms with Crippen LogP contribution < -0.4 is 5.32 Å². The molecule has 16 heavy (non-hydrogen) atoms. The van der Waals surface area contributed by atoms with Crippen LogP contribution in [0.25, 0.3) is 0 Å². The topological polar surface area (TPSA) is 75.6 Å². The molecule has 5 heteroatoms. The Bertz CT molecular complexity index is 314. The molecule has 0 saturated heterocycles. The fraction of sp³-hybridized carbons (Fsp3) is 0.455. The average Bonchev–Trinajstić information content (AvgIpc) is 2.73. The van der Waals surface area contributed by atoms with Gasteiger partial charge < -0.3 is 15.2 Å². The van der Waals surface area contributed by atoms with Crippen LogP contribution in [-0.4, -0.2) is 30.3 Å². The lowest BCUT2D eigenvalue weighted by atomic mass is 9.85. The van der Waals surface area contributed by atoms with Gasteiger partial charge in [-0.1, -0.05) is 24.8 Å². The minimum absolute atomic E-state index is 0.0747. The summed E-state index contributed by atoms with van der Waals surface area (Å²) in [4.78, 5) is 22.2. The number of carbonyl (C=O) groups excluding carboxylic acids is 1. The molecule has 0 fully saturated rings. The van der Waals surface area contributed by atoms with Crippen molar-refractivity contribution in [3.05, 3.63) is 24.8 Å². The highest BCUT2D eigenvalue weighted by atomic mass is 16.5. The Morgan fingerprint density at radius 3 is 2.62 bits per heavy atom. The summed E-state index contributed by atoms with van der Waals surface area (Å²) in [5.74, 6) is -0.901. The highest BCUT2D eigenvalue weighted by Crippen LogP contribution is 2.32. The largest absolute Gasteiger partial charge is 0.481 e. The van der Waals surface area contributed by atoms with Gasteiger partial charge in [-0.2, -0.15) is 0 Å². The van der Waals surface area contributed by atoms with Crippen molar-refractivity contribution in [2.24, 2.45) is 5.41 Å². The quantitative estimate of drug-likeness (QED) is 0.692. The number of allylic oxidation sites excluding steroid dienone is 2. The predicted molar refractivity (Wildman–Crippen MR) is 58.0 cm³/mol. The summed E-state index contributed by atoms with van der Waals surface area (Å²) < 4.78 is 4.69. The third kappa shape index (κ3) is 2.85. The fourth-order valence-electron chi connectivity index (χ4n) is 1.52. The van der Waals surface area contributed by atoms with Crippen LogP contribution in [0.15, 0.2) is 24.8 Å². The molecular formula is C11H15NO4. The van der Waals surface area contributed by atoms with Gasteiger partial charge in [-0.05, 0) is 12.8 Å². The van der Waals surface area contributed by atoms with E-state index in [0.717, 1.165) is 0 Å². The lowest BCUT2D eigenvalue weighted by Crippen LogP contribution is -2.41. The van der Waals surface area contributed by atoms with E-state index in [4.69, 9.17) is 9.84 Å². The van der Waals surface area contributed by atoms with Crippen LogP contribution in [0.4, 0.5) is 4.79 Å². The van der Waals surface area contributed by atoms with E-state index in [1.807, 2.05) is 12.2 Å². The van der Waals surface area contributed by atoms with Crippen molar-refractivity contribution in [1.82, 2.24) is 5.32 Å². The number of rotatable bonds is 5. The van der Waals surface area contributed by atoms with E-state index < -0.39 is 17.5 Å². The predicted octanol–water partition coefficient (Wildman–Crippen LogP) is 1.32. The van der Waals surface area contributed by atoms with Gasteiger partial charge >= 0.3 is 12.1 Å². The van der Waals surface area contributed by atoms with E-state index in [0.29, 0.717) is 12.8 Å². The molecule has 2 N–H and O–H groups in total. The zero-order valence-electron chi connectivity index (χ0n) is 8.94. The maximum absolute atomic E-state index is 11.1. The molecule has 0 atom stereocenters. The molecule has 0 aromatic rings. The summed E-state index contributed by atoms with van der Waals surface area (Å²) in [5.41, 5.74) is -0.910. The lowest BCUT2D eigenvalue weighted by molar-refractivity contribution is -0.147. The standard InChI is InChI=1S/C11H15NO4/c1-2-7-16-10(15)12-8-11(9(13)14)5-3-4-6-11/h2-4H,1,5-8H2,(H,12,15)(H,13,14). The van der Waals surface area contributed by atoms with E-state index in [-0.39, 0.29) is 13.2 Å². The van der Waals surface area contributed by atoms with Gasteiger partial charge in [-0.3, -0.25) is 4.79 Å². The average molecular weight is 225 g/mol. The van der Waals surface area contributed by atoms with Crippen LogP contribution >= 0.6 is 0 Å². The molecule has 5 nitrogen and oxygen atoms in total. The molecule has 0 bridgehead atoms. The van der Waals surface area contributed by atoms with Gasteiger partial charge in [0.05, 0.1) is 5.41 Å². The summed E-state index contributed by atoms with van der Waals surface area (Å²) in [6.07, 6.45) is 5.32. The van der Waals surface area contributed by atoms with Crippen molar-refractivity contribution in [2.75, 3.05) is 13.2 Å². The summed E-state index contributed by atoms with van der Waals surface area (Å²) in [5, 5.41) is 11.6. The first-order valence-electron chi connectivity index (χ1n) is 5.01. The second-order valence-corrected chi connectivity index (χ2v) is 3.71. The third-order valence-electron chi connectivity index (χ3n) is 2.54. The first-order chi connectivity index (χ1) is 7.60. The zero-order chi connectivity index (χ0) is 12.0. The van der Waals surface area contributed by atoms with Crippen molar-refractivity contribution in [2.45, 2.75) is 12.8 Å². The van der Waals surface area contributed by atoms with Crippen LogP contribution in [0.3, 0.4) is 0 Å². The zero-order valence-corrected chi connectivity index (χ0v) is 8.94. The van der Waals surface area contributed by atoms with E-state index >= 15 is 0 Å². The number of carboxylic acid groups (broad SMARTS) is 1. The van der Waals surface area contributed by atoms with Gasteiger partial charge in [0.25, 0.3) is 0 Å². The molecule has 88 valence electrons. The summed E-state index contributed by atoms with van der Waals surface area (Å²) in [7, 11) is 0. The van der Waals surface area contributed by atoms with Crippen molar-refractivity contribution in [3.8, 4) is 0 Å². The monoisotopic (exact) mass is 225 g/mol. The second-order valence-electron chi connectivity index (χ2n) is 3.71. The van der Waals surface area contributed by atoms with Crippen LogP contribution in [-0.2, 0) is 9.53 Å². The molecule has 0 radical (unpaired) electrons. The Hall–Kier alpha value is -1.78. The molecule has 0 unspecified atom stereocenters. The van der Waals surface area contributed by atoms with Crippen molar-refractivity contribution >= 4 is 12.1 Å². The Balaban J connectivity index is 2.42. The highest BCUT2D eigenvalue weighted by Gasteiger charge is 2.39. The number of carboxylic acids is 1. The van der Waals surface area contributed by atoms with Crippen molar-refractivity contribution in [3.63, 3.8) is 0 Å². The Labute approximate surface area is 93.8 Å². The van der Waals surface area contributed by atoms with Gasteiger partial charge in [0, 0.05) is 6.54 Å². The van der Waals surface area contributed by atoms with Crippen molar-refractivity contribution < 1.29 is 19.4 Å². The molecule has 0 heterocycles. The molecular weight excluding hydrogens is 210 g/mol. The third-order valence-corrected chi connectivity index (χ3v) is 2.54. The normalized spacial score (nSPS) is 16.8. The molecule has 0 spiro atoms. The minimum Gasteiger partial charge on any atom is -0.481 e. The van der Waals surface area contributed by atoms with Gasteiger partial charge in [-0.25, -0.2) is 4.79 Å². The van der Waals surface area contributed by atoms with Crippen LogP contribution in [0, 0.1) is 5.41 Å². The smallest absolute Gasteiger partial charge is 0.407 e. The van der Waals surface area contributed by atoms with Gasteiger partial charge in [-0.15, -0.1) is 0 Å². The molecule has 1 rings (SSSR count). The number of hydrogen-bond acceptors (Lipinski definition) is 3. The first kappa shape index (κ1) is 12.3. The summed E-state index contributed by atoms with van der Waals surface area (Å²) in [6.45, 7) is 3.59. The van der Waals surface area contributed by atoms with E-state index in [1.165, 1.54) is 6.08 Å². The molecule has 1 aliphatic rings. The summed E-state index contributed by atoms with van der Waals surface area (Å²) >= 11 is 0. The Morgan fingerprint density at radius 2 is 2.12 bits per heavy atom. The molecule has 0 aliphatic heterocycles. The molecule has 1 aliphatic carbocycles. The van der Waals surface area contributed by atoms with Crippen molar-refractivity contribution in [1.29, 1.82) is 0 Å². The number of ether oxygens (including phenoxy) is 1. The molecule has 1 amide bonds. The minimum atomic E-state index is -0.910. The van der Waals surface area contributed by atoms with Gasteiger partial charge in [0.1, 0.15) is 6.61 Å². The molecule has 0 saturated carbocycles.